The van der Waals surface area contributed by atoms with Crippen molar-refractivity contribution in [1.29, 1.82) is 0 Å². The Morgan fingerprint density at radius 1 is 1.38 bits per heavy atom. The maximum atomic E-state index is 11.0. The molecule has 0 bridgehead atoms. The topological polar surface area (TPSA) is 17.1 Å². The first-order valence-corrected chi connectivity index (χ1v) is 8.05. The van der Waals surface area contributed by atoms with Crippen LogP contribution >= 0.6 is 32.4 Å². The van der Waals surface area contributed by atoms with Gasteiger partial charge in [0, 0.05) is 0 Å². The second kappa shape index (κ2) is 5.57. The zero-order chi connectivity index (χ0) is 11.4. The number of carbonyl (C=O) groups is 1. The lowest BCUT2D eigenvalue weighted by molar-refractivity contribution is -0.114. The minimum atomic E-state index is 0.224. The van der Waals surface area contributed by atoms with Gasteiger partial charge in [-0.15, -0.1) is 11.8 Å². The van der Waals surface area contributed by atoms with Crippen LogP contribution < -0.4 is 0 Å². The molecule has 1 heterocycles. The number of benzene rings is 1. The van der Waals surface area contributed by atoms with Gasteiger partial charge in [0.05, 0.1) is 11.3 Å². The van der Waals surface area contributed by atoms with Crippen molar-refractivity contribution in [2.75, 3.05) is 5.75 Å². The first-order valence-electron chi connectivity index (χ1n) is 4.86. The van der Waals surface area contributed by atoms with E-state index >= 15 is 0 Å². The molecule has 0 atom stereocenters. The molecule has 0 aliphatic heterocycles. The molecule has 1 aromatic carbocycles. The Labute approximate surface area is 107 Å². The Hall–Kier alpha value is -0.710. The molecule has 0 aliphatic rings. The van der Waals surface area contributed by atoms with Gasteiger partial charge in [-0.25, -0.2) is 0 Å². The van der Waals surface area contributed by atoms with E-state index in [1.807, 2.05) is 18.2 Å². The molecule has 1 aromatic heterocycles. The number of ketones is 1. The number of Topliss-reactive ketones (excluding diaryl/α,β-unsaturated/α-hetero) is 1. The third-order valence-electron chi connectivity index (χ3n) is 2.00. The molecule has 0 spiro atoms. The molecule has 0 amide bonds. The maximum absolute atomic E-state index is 11.0. The summed E-state index contributed by atoms with van der Waals surface area (Å²) in [5.74, 6) is 0.787. The van der Waals surface area contributed by atoms with Crippen LogP contribution in [0.1, 0.15) is 6.92 Å². The smallest absolute Gasteiger partial charge is 0.293 e. The standard InChI is InChI=1S/C12H11OS3/c1-9(13)7-14-12-11(8-15-16-12)10-5-3-2-4-6-10/h2-6,8H,7H2,1H3/q+1. The Morgan fingerprint density at radius 3 is 2.81 bits per heavy atom. The summed E-state index contributed by atoms with van der Waals surface area (Å²) in [5, 5.41) is 2.16. The quantitative estimate of drug-likeness (QED) is 0.463. The molecule has 0 unspecified atom stereocenters. The van der Waals surface area contributed by atoms with Crippen LogP contribution in [-0.2, 0) is 4.79 Å². The summed E-state index contributed by atoms with van der Waals surface area (Å²) in [6.45, 7) is 1.63. The molecule has 0 radical (unpaired) electrons. The van der Waals surface area contributed by atoms with Crippen molar-refractivity contribution < 1.29 is 4.79 Å². The van der Waals surface area contributed by atoms with E-state index in [1.54, 1.807) is 39.4 Å². The van der Waals surface area contributed by atoms with Crippen molar-refractivity contribution in [2.45, 2.75) is 11.1 Å². The van der Waals surface area contributed by atoms with Crippen LogP contribution in [0.2, 0.25) is 0 Å². The van der Waals surface area contributed by atoms with Crippen LogP contribution in [0.25, 0.3) is 11.1 Å². The highest BCUT2D eigenvalue weighted by atomic mass is 32.9. The van der Waals surface area contributed by atoms with E-state index in [-0.39, 0.29) is 5.78 Å². The summed E-state index contributed by atoms with van der Waals surface area (Å²) in [6, 6.07) is 10.3. The average molecular weight is 267 g/mol. The third-order valence-corrected chi connectivity index (χ3v) is 5.83. The molecule has 4 heteroatoms. The van der Waals surface area contributed by atoms with Gasteiger partial charge in [0.1, 0.15) is 9.99 Å². The first-order chi connectivity index (χ1) is 7.77. The highest BCUT2D eigenvalue weighted by molar-refractivity contribution is 8.03. The third kappa shape index (κ3) is 2.90. The monoisotopic (exact) mass is 267 g/mol. The Bertz CT molecular complexity index is 476. The van der Waals surface area contributed by atoms with E-state index in [2.05, 4.69) is 17.5 Å². The fraction of sp³-hybridized carbons (Fsp3) is 0.167. The van der Waals surface area contributed by atoms with Crippen molar-refractivity contribution >= 4 is 38.2 Å². The van der Waals surface area contributed by atoms with Gasteiger partial charge >= 0.3 is 0 Å². The summed E-state index contributed by atoms with van der Waals surface area (Å²) < 4.78 is 1.24. The minimum Gasteiger partial charge on any atom is -0.299 e. The second-order valence-corrected chi connectivity index (χ2v) is 6.68. The predicted molar refractivity (Wildman–Crippen MR) is 73.4 cm³/mol. The van der Waals surface area contributed by atoms with Gasteiger partial charge < -0.3 is 0 Å². The second-order valence-electron chi connectivity index (χ2n) is 3.36. The highest BCUT2D eigenvalue weighted by Gasteiger charge is 2.15. The molecule has 0 saturated carbocycles. The molecule has 16 heavy (non-hydrogen) atoms. The van der Waals surface area contributed by atoms with Crippen molar-refractivity contribution in [3.05, 3.63) is 35.7 Å². The van der Waals surface area contributed by atoms with Gasteiger partial charge in [0.2, 0.25) is 5.38 Å². The number of hydrogen-bond donors (Lipinski definition) is 0. The lowest BCUT2D eigenvalue weighted by Gasteiger charge is -1.98. The van der Waals surface area contributed by atoms with Crippen LogP contribution in [0, 0.1) is 0 Å². The van der Waals surface area contributed by atoms with Crippen molar-refractivity contribution in [1.82, 2.24) is 0 Å². The van der Waals surface area contributed by atoms with Crippen molar-refractivity contribution in [3.8, 4) is 11.1 Å². The van der Waals surface area contributed by atoms with Gasteiger partial charge in [-0.05, 0) is 12.5 Å². The summed E-state index contributed by atoms with van der Waals surface area (Å²) in [6.07, 6.45) is 0. The molecule has 0 saturated heterocycles. The predicted octanol–water partition coefficient (Wildman–Crippen LogP) is 4.44. The van der Waals surface area contributed by atoms with Crippen LogP contribution in [0.4, 0.5) is 0 Å². The maximum Gasteiger partial charge on any atom is 0.293 e. The lowest BCUT2D eigenvalue weighted by Crippen LogP contribution is -1.92. The molecule has 0 aliphatic carbocycles. The van der Waals surface area contributed by atoms with Gasteiger partial charge in [-0.2, -0.15) is 0 Å². The highest BCUT2D eigenvalue weighted by Crippen LogP contribution is 2.38. The molecule has 2 rings (SSSR count). The van der Waals surface area contributed by atoms with Crippen LogP contribution in [0.5, 0.6) is 0 Å². The van der Waals surface area contributed by atoms with Crippen molar-refractivity contribution in [2.24, 2.45) is 0 Å². The molecule has 82 valence electrons. The Balaban J connectivity index is 2.23. The summed E-state index contributed by atoms with van der Waals surface area (Å²) in [5.41, 5.74) is 2.48. The summed E-state index contributed by atoms with van der Waals surface area (Å²) in [7, 11) is 3.46. The molecule has 0 N–H and O–H groups in total. The van der Waals surface area contributed by atoms with Crippen LogP contribution in [0.15, 0.2) is 39.9 Å². The summed E-state index contributed by atoms with van der Waals surface area (Å²) >= 11 is 1.64. The van der Waals surface area contributed by atoms with E-state index in [0.717, 1.165) is 0 Å². The fourth-order valence-electron chi connectivity index (χ4n) is 1.28. The van der Waals surface area contributed by atoms with Crippen molar-refractivity contribution in [3.63, 3.8) is 0 Å². The number of rotatable bonds is 4. The SMILES string of the molecule is CC(=O)CSc1s[s+]cc1-c1ccccc1. The largest absolute Gasteiger partial charge is 0.299 e. The zero-order valence-electron chi connectivity index (χ0n) is 8.80. The lowest BCUT2D eigenvalue weighted by atomic mass is 10.1. The van der Waals surface area contributed by atoms with E-state index in [9.17, 15) is 4.79 Å². The fourth-order valence-corrected chi connectivity index (χ4v) is 4.97. The van der Waals surface area contributed by atoms with E-state index in [4.69, 9.17) is 0 Å². The molecule has 1 nitrogen and oxygen atoms in total. The van der Waals surface area contributed by atoms with Crippen LogP contribution in [0.3, 0.4) is 0 Å². The van der Waals surface area contributed by atoms with E-state index in [1.165, 1.54) is 15.3 Å². The van der Waals surface area contributed by atoms with Gasteiger partial charge in [-0.1, -0.05) is 30.3 Å². The zero-order valence-corrected chi connectivity index (χ0v) is 11.3. The van der Waals surface area contributed by atoms with Gasteiger partial charge in [-0.3, -0.25) is 4.79 Å². The molecular formula is C12H11OS3+. The summed E-state index contributed by atoms with van der Waals surface area (Å²) in [4.78, 5) is 11.0. The average Bonchev–Trinajstić information content (AvgIpc) is 2.75. The van der Waals surface area contributed by atoms with Gasteiger partial charge in [0.15, 0.2) is 10.3 Å². The molecule has 2 aromatic rings. The van der Waals surface area contributed by atoms with Gasteiger partial charge in [0.25, 0.3) is 10.3 Å². The Morgan fingerprint density at radius 2 is 2.12 bits per heavy atom. The van der Waals surface area contributed by atoms with Crippen LogP contribution in [-0.4, -0.2) is 11.5 Å². The Kier molecular flexibility index (Phi) is 4.09. The van der Waals surface area contributed by atoms with E-state index in [0.29, 0.717) is 5.75 Å². The number of hydrogen-bond acceptors (Lipinski definition) is 3. The number of thioether (sulfide) groups is 1. The minimum absolute atomic E-state index is 0.224. The number of carbonyl (C=O) groups excluding carboxylic acids is 1. The molecule has 0 fully saturated rings. The first kappa shape index (κ1) is 11.8. The van der Waals surface area contributed by atoms with E-state index < -0.39 is 0 Å². The molecular weight excluding hydrogens is 256 g/mol. The normalized spacial score (nSPS) is 10.3.